The Bertz CT molecular complexity index is 1450. The van der Waals surface area contributed by atoms with Crippen molar-refractivity contribution < 1.29 is 4.57 Å². The monoisotopic (exact) mass is 520 g/mol. The number of pyridine rings is 1. The summed E-state index contributed by atoms with van der Waals surface area (Å²) in [5.74, 6) is 4.47. The van der Waals surface area contributed by atoms with Gasteiger partial charge in [0.25, 0.3) is 0 Å². The van der Waals surface area contributed by atoms with E-state index in [4.69, 9.17) is 0 Å². The van der Waals surface area contributed by atoms with Crippen molar-refractivity contribution in [1.82, 2.24) is 0 Å². The fourth-order valence-corrected chi connectivity index (χ4v) is 10.4. The van der Waals surface area contributed by atoms with E-state index in [2.05, 4.69) is 89.4 Å². The molecule has 5 aliphatic rings. The van der Waals surface area contributed by atoms with Crippen molar-refractivity contribution in [2.75, 3.05) is 0 Å². The van der Waals surface area contributed by atoms with Gasteiger partial charge in [-0.05, 0) is 124 Å². The molecule has 8 rings (SSSR count). The molecule has 0 radical (unpaired) electrons. The second kappa shape index (κ2) is 8.92. The molecule has 2 saturated carbocycles. The second-order valence-electron chi connectivity index (χ2n) is 14.6. The minimum Gasteiger partial charge on any atom is -0.185 e. The fraction of sp³-hybridized carbons (Fsp3) is 0.605. The number of aromatic nitrogens is 1. The van der Waals surface area contributed by atoms with Crippen LogP contribution in [0.4, 0.5) is 0 Å². The first-order valence-corrected chi connectivity index (χ1v) is 16.4. The molecule has 0 amide bonds. The quantitative estimate of drug-likeness (QED) is 0.295. The van der Waals surface area contributed by atoms with Gasteiger partial charge in [0.1, 0.15) is 0 Å². The van der Waals surface area contributed by atoms with Crippen LogP contribution >= 0.6 is 0 Å². The van der Waals surface area contributed by atoms with Crippen LogP contribution in [-0.4, -0.2) is 0 Å². The Labute approximate surface area is 237 Å². The molecule has 2 aromatic carbocycles. The highest BCUT2D eigenvalue weighted by Gasteiger charge is 2.58. The Morgan fingerprint density at radius 3 is 2.10 bits per heavy atom. The van der Waals surface area contributed by atoms with E-state index in [9.17, 15) is 0 Å². The van der Waals surface area contributed by atoms with Crippen molar-refractivity contribution in [3.63, 3.8) is 0 Å². The largest absolute Gasteiger partial charge is 0.216 e. The van der Waals surface area contributed by atoms with Gasteiger partial charge in [-0.3, -0.25) is 0 Å². The molecule has 0 N–H and O–H groups in total. The Kier molecular flexibility index (Phi) is 5.90. The maximum absolute atomic E-state index is 2.80. The van der Waals surface area contributed by atoms with E-state index >= 15 is 0 Å². The first-order valence-electron chi connectivity index (χ1n) is 16.4. The molecule has 1 heteroatoms. The van der Waals surface area contributed by atoms with Crippen LogP contribution in [0, 0.1) is 31.6 Å². The van der Waals surface area contributed by atoms with Crippen molar-refractivity contribution in [1.29, 1.82) is 0 Å². The third-order valence-corrected chi connectivity index (χ3v) is 12.9. The molecule has 1 nitrogen and oxygen atoms in total. The zero-order chi connectivity index (χ0) is 27.3. The van der Waals surface area contributed by atoms with Crippen LogP contribution < -0.4 is 4.57 Å². The number of unbranched alkanes of at least 4 members (excludes halogenated alkanes) is 1. The van der Waals surface area contributed by atoms with Gasteiger partial charge in [0, 0.05) is 30.4 Å². The van der Waals surface area contributed by atoms with Crippen molar-refractivity contribution in [2.45, 2.75) is 129 Å². The van der Waals surface area contributed by atoms with Crippen LogP contribution in [0.15, 0.2) is 36.4 Å². The molecule has 4 atom stereocenters. The molecule has 206 valence electrons. The first kappa shape index (κ1) is 25.8. The van der Waals surface area contributed by atoms with E-state index in [1.54, 1.807) is 22.3 Å². The Hall–Kier alpha value is -2.15. The highest BCUT2D eigenvalue weighted by Crippen LogP contribution is 2.61. The smallest absolute Gasteiger partial charge is 0.185 e. The van der Waals surface area contributed by atoms with Gasteiger partial charge >= 0.3 is 0 Å². The van der Waals surface area contributed by atoms with E-state index in [1.165, 1.54) is 72.7 Å². The molecular weight excluding hydrogens is 470 g/mol. The molecule has 4 unspecified atom stereocenters. The minimum atomic E-state index is 0.0189. The van der Waals surface area contributed by atoms with E-state index in [-0.39, 0.29) is 11.0 Å². The summed E-state index contributed by atoms with van der Waals surface area (Å²) in [6.07, 6.45) is 12.4. The third-order valence-electron chi connectivity index (χ3n) is 12.9. The summed E-state index contributed by atoms with van der Waals surface area (Å²) in [6, 6.07) is 15.1. The SMILES string of the molecule is CCCCC1C2CC3CC1CC(C2)c1cc2c(cc13)-c1c(C)cc3cc(C)ccc3[n+]1C(C)(CC)C2(C)CC. The molecule has 4 bridgehead atoms. The summed E-state index contributed by atoms with van der Waals surface area (Å²) in [7, 11) is 0. The average Bonchev–Trinajstić information content (AvgIpc) is 3.11. The molecule has 39 heavy (non-hydrogen) atoms. The third kappa shape index (κ3) is 3.40. The number of aryl methyl sites for hydroxylation is 2. The lowest BCUT2D eigenvalue weighted by atomic mass is 9.59. The lowest BCUT2D eigenvalue weighted by molar-refractivity contribution is -0.743. The molecule has 0 saturated heterocycles. The lowest BCUT2D eigenvalue weighted by Crippen LogP contribution is -2.68. The van der Waals surface area contributed by atoms with Gasteiger partial charge in [0.05, 0.1) is 11.0 Å². The lowest BCUT2D eigenvalue weighted by Gasteiger charge is -2.47. The van der Waals surface area contributed by atoms with E-state index in [0.29, 0.717) is 0 Å². The average molecular weight is 521 g/mol. The Balaban J connectivity index is 1.48. The molecule has 1 aromatic heterocycles. The Morgan fingerprint density at radius 2 is 1.49 bits per heavy atom. The van der Waals surface area contributed by atoms with Crippen molar-refractivity contribution in [3.05, 3.63) is 64.2 Å². The normalized spacial score (nSPS) is 34.1. The standard InChI is InChI=1S/C38H50N/c1-8-11-12-30-25-17-27-18-26(30)20-28(19-25)32-22-34-33(21-31(27)32)36-24(5)16-29-15-23(4)13-14-35(29)39(36)38(7,10-3)37(34,6)9-2/h13-16,21-22,25-28,30H,8-12,17-20H2,1-7H3/q+1. The zero-order valence-corrected chi connectivity index (χ0v) is 25.7. The fourth-order valence-electron chi connectivity index (χ4n) is 10.4. The topological polar surface area (TPSA) is 3.88 Å². The maximum Gasteiger partial charge on any atom is 0.216 e. The van der Waals surface area contributed by atoms with Gasteiger partial charge in [-0.2, -0.15) is 4.57 Å². The maximum atomic E-state index is 2.80. The van der Waals surface area contributed by atoms with Crippen LogP contribution in [0.3, 0.4) is 0 Å². The van der Waals surface area contributed by atoms with Crippen molar-refractivity contribution in [3.8, 4) is 11.3 Å². The summed E-state index contributed by atoms with van der Waals surface area (Å²) in [5, 5.41) is 1.39. The van der Waals surface area contributed by atoms with Gasteiger partial charge in [0.15, 0.2) is 5.54 Å². The number of benzene rings is 2. The molecule has 1 aliphatic heterocycles. The van der Waals surface area contributed by atoms with Gasteiger partial charge in [-0.1, -0.05) is 51.3 Å². The van der Waals surface area contributed by atoms with Crippen molar-refractivity contribution >= 4 is 10.9 Å². The van der Waals surface area contributed by atoms with Gasteiger partial charge in [-0.25, -0.2) is 0 Å². The summed E-state index contributed by atoms with van der Waals surface area (Å²) in [4.78, 5) is 0. The van der Waals surface area contributed by atoms with Crippen LogP contribution in [0.5, 0.6) is 0 Å². The van der Waals surface area contributed by atoms with Gasteiger partial charge < -0.3 is 0 Å². The van der Waals surface area contributed by atoms with Crippen LogP contribution in [0.1, 0.15) is 132 Å². The summed E-state index contributed by atoms with van der Waals surface area (Å²) in [5.41, 5.74) is 12.5. The summed E-state index contributed by atoms with van der Waals surface area (Å²) < 4.78 is 2.80. The van der Waals surface area contributed by atoms with Crippen LogP contribution in [-0.2, 0) is 11.0 Å². The number of nitrogens with zero attached hydrogens (tertiary/aromatic N) is 1. The van der Waals surface area contributed by atoms with Crippen LogP contribution in [0.2, 0.25) is 0 Å². The van der Waals surface area contributed by atoms with Crippen LogP contribution in [0.25, 0.3) is 22.2 Å². The number of fused-ring (bicyclic) bond motifs is 5. The van der Waals surface area contributed by atoms with E-state index < -0.39 is 0 Å². The second-order valence-corrected chi connectivity index (χ2v) is 14.6. The van der Waals surface area contributed by atoms with Gasteiger partial charge in [0.2, 0.25) is 11.2 Å². The molecular formula is C38H50N+. The number of rotatable bonds is 5. The molecule has 2 fully saturated rings. The Morgan fingerprint density at radius 1 is 0.821 bits per heavy atom. The van der Waals surface area contributed by atoms with E-state index in [0.717, 1.165) is 42.4 Å². The minimum absolute atomic E-state index is 0.0189. The zero-order valence-electron chi connectivity index (χ0n) is 25.7. The predicted octanol–water partition coefficient (Wildman–Crippen LogP) is 10.0. The molecule has 0 spiro atoms. The van der Waals surface area contributed by atoms with Crippen molar-refractivity contribution in [2.24, 2.45) is 17.8 Å². The summed E-state index contributed by atoms with van der Waals surface area (Å²) >= 11 is 0. The number of hydrogen-bond donors (Lipinski definition) is 0. The number of hydrogen-bond acceptors (Lipinski definition) is 0. The highest BCUT2D eigenvalue weighted by molar-refractivity contribution is 5.82. The molecule has 2 heterocycles. The predicted molar refractivity (Wildman–Crippen MR) is 165 cm³/mol. The summed E-state index contributed by atoms with van der Waals surface area (Å²) in [6.45, 7) is 17.0. The first-order chi connectivity index (χ1) is 18.7. The van der Waals surface area contributed by atoms with Gasteiger partial charge in [-0.15, -0.1) is 0 Å². The highest BCUT2D eigenvalue weighted by atomic mass is 15.1. The van der Waals surface area contributed by atoms with E-state index in [1.807, 2.05) is 0 Å². The molecule has 3 aromatic rings. The molecule has 4 aliphatic carbocycles.